The molecule has 25 heavy (non-hydrogen) atoms. The number of sulfonamides is 1. The fraction of sp³-hybridized carbons (Fsp3) is 0.333. The molecule has 1 aromatic heterocycles. The van der Waals surface area contributed by atoms with Crippen molar-refractivity contribution in [3.63, 3.8) is 0 Å². The van der Waals surface area contributed by atoms with Gasteiger partial charge in [0.05, 0.1) is 5.69 Å². The number of nitrogens with zero attached hydrogens (tertiary/aromatic N) is 3. The monoisotopic (exact) mass is 357 g/mol. The van der Waals surface area contributed by atoms with Gasteiger partial charge in [0, 0.05) is 18.2 Å². The first-order valence-electron chi connectivity index (χ1n) is 8.16. The first-order valence-corrected chi connectivity index (χ1v) is 9.60. The molecule has 2 aromatic rings. The molecular formula is C18H16FN3O2S. The van der Waals surface area contributed by atoms with Crippen molar-refractivity contribution in [3.05, 3.63) is 53.6 Å². The zero-order valence-electron chi connectivity index (χ0n) is 13.4. The zero-order valence-corrected chi connectivity index (χ0v) is 14.3. The molecule has 1 aliphatic heterocycles. The van der Waals surface area contributed by atoms with E-state index in [-0.39, 0.29) is 28.2 Å². The summed E-state index contributed by atoms with van der Waals surface area (Å²) in [7, 11) is -4.07. The predicted octanol–water partition coefficient (Wildman–Crippen LogP) is 3.11. The average molecular weight is 357 g/mol. The molecule has 1 saturated carbocycles. The van der Waals surface area contributed by atoms with Crippen LogP contribution >= 0.6 is 0 Å². The van der Waals surface area contributed by atoms with Crippen LogP contribution in [0.5, 0.6) is 0 Å². The van der Waals surface area contributed by atoms with Gasteiger partial charge < -0.3 is 0 Å². The summed E-state index contributed by atoms with van der Waals surface area (Å²) in [5, 5.41) is 9.21. The van der Waals surface area contributed by atoms with Gasteiger partial charge in [-0.05, 0) is 36.6 Å². The van der Waals surface area contributed by atoms with E-state index in [1.54, 1.807) is 6.07 Å². The first-order chi connectivity index (χ1) is 12.0. The van der Waals surface area contributed by atoms with E-state index in [4.69, 9.17) is 0 Å². The molecule has 2 heterocycles. The zero-order chi connectivity index (χ0) is 17.7. The van der Waals surface area contributed by atoms with Gasteiger partial charge in [-0.1, -0.05) is 25.0 Å². The number of nitriles is 1. The molecule has 1 aliphatic carbocycles. The van der Waals surface area contributed by atoms with E-state index < -0.39 is 15.8 Å². The Morgan fingerprint density at radius 1 is 1.20 bits per heavy atom. The highest BCUT2D eigenvalue weighted by Crippen LogP contribution is 2.52. The molecular weight excluding hydrogens is 341 g/mol. The van der Waals surface area contributed by atoms with Crippen LogP contribution in [0.15, 0.2) is 41.4 Å². The number of para-hydroxylation sites is 1. The SMILES string of the molecule is N#Cc1ncccc1S(=O)(=O)N1CC2(CCCC2)c2cccc(F)c21. The van der Waals surface area contributed by atoms with Crippen LogP contribution < -0.4 is 4.31 Å². The van der Waals surface area contributed by atoms with E-state index in [2.05, 4.69) is 4.98 Å². The minimum Gasteiger partial charge on any atom is -0.262 e. The Hall–Kier alpha value is -2.46. The molecule has 2 aliphatic rings. The van der Waals surface area contributed by atoms with Crippen LogP contribution in [0.4, 0.5) is 10.1 Å². The highest BCUT2D eigenvalue weighted by atomic mass is 32.2. The number of halogens is 1. The summed E-state index contributed by atoms with van der Waals surface area (Å²) in [6.07, 6.45) is 5.05. The minimum absolute atomic E-state index is 0.122. The quantitative estimate of drug-likeness (QED) is 0.828. The van der Waals surface area contributed by atoms with E-state index >= 15 is 0 Å². The van der Waals surface area contributed by atoms with Crippen molar-refractivity contribution >= 4 is 15.7 Å². The lowest BCUT2D eigenvalue weighted by atomic mass is 9.81. The second-order valence-electron chi connectivity index (χ2n) is 6.60. The van der Waals surface area contributed by atoms with E-state index in [1.807, 2.05) is 12.1 Å². The summed E-state index contributed by atoms with van der Waals surface area (Å²) in [5.41, 5.74) is 0.375. The average Bonchev–Trinajstić information content (AvgIpc) is 3.22. The van der Waals surface area contributed by atoms with Gasteiger partial charge >= 0.3 is 0 Å². The Morgan fingerprint density at radius 2 is 1.96 bits per heavy atom. The number of pyridine rings is 1. The van der Waals surface area contributed by atoms with Crippen molar-refractivity contribution < 1.29 is 12.8 Å². The number of aromatic nitrogens is 1. The number of fused-ring (bicyclic) bond motifs is 2. The summed E-state index contributed by atoms with van der Waals surface area (Å²) >= 11 is 0. The normalized spacial score (nSPS) is 18.3. The molecule has 7 heteroatoms. The molecule has 0 saturated heterocycles. The number of hydrogen-bond donors (Lipinski definition) is 0. The van der Waals surface area contributed by atoms with Crippen LogP contribution in [0.25, 0.3) is 0 Å². The number of anilines is 1. The van der Waals surface area contributed by atoms with Gasteiger partial charge in [-0.15, -0.1) is 0 Å². The van der Waals surface area contributed by atoms with Crippen LogP contribution in [0.1, 0.15) is 36.9 Å². The van der Waals surface area contributed by atoms with Gasteiger partial charge in [0.1, 0.15) is 16.8 Å². The number of rotatable bonds is 2. The second-order valence-corrected chi connectivity index (χ2v) is 8.43. The maximum Gasteiger partial charge on any atom is 0.267 e. The van der Waals surface area contributed by atoms with Crippen molar-refractivity contribution in [3.8, 4) is 6.07 Å². The second kappa shape index (κ2) is 5.53. The maximum absolute atomic E-state index is 14.6. The number of benzene rings is 1. The molecule has 1 aromatic carbocycles. The van der Waals surface area contributed by atoms with Gasteiger partial charge in [-0.25, -0.2) is 17.8 Å². The van der Waals surface area contributed by atoms with E-state index in [0.29, 0.717) is 0 Å². The molecule has 1 fully saturated rings. The summed E-state index contributed by atoms with van der Waals surface area (Å²) < 4.78 is 42.2. The van der Waals surface area contributed by atoms with Crippen molar-refractivity contribution in [2.75, 3.05) is 10.8 Å². The van der Waals surface area contributed by atoms with Crippen molar-refractivity contribution in [1.82, 2.24) is 4.98 Å². The third-order valence-electron chi connectivity index (χ3n) is 5.26. The smallest absolute Gasteiger partial charge is 0.262 e. The van der Waals surface area contributed by atoms with Crippen LogP contribution in [0.2, 0.25) is 0 Å². The lowest BCUT2D eigenvalue weighted by Crippen LogP contribution is -2.36. The first kappa shape index (κ1) is 16.0. The highest BCUT2D eigenvalue weighted by Gasteiger charge is 2.49. The van der Waals surface area contributed by atoms with Crippen molar-refractivity contribution in [2.45, 2.75) is 36.0 Å². The molecule has 0 unspecified atom stereocenters. The standard InChI is InChI=1S/C18H16FN3O2S/c19-14-6-3-5-13-17(14)22(12-18(13)8-1-2-9-18)25(23,24)16-7-4-10-21-15(16)11-20/h3-7,10H,1-2,8-9,12H2. The Morgan fingerprint density at radius 3 is 2.68 bits per heavy atom. The molecule has 1 spiro atoms. The molecule has 4 rings (SSSR count). The summed E-state index contributed by atoms with van der Waals surface area (Å²) in [6.45, 7) is 0.214. The fourth-order valence-corrected chi connectivity index (χ4v) is 5.80. The summed E-state index contributed by atoms with van der Waals surface area (Å²) in [5.74, 6) is -0.549. The summed E-state index contributed by atoms with van der Waals surface area (Å²) in [6, 6.07) is 9.37. The van der Waals surface area contributed by atoms with Crippen LogP contribution in [-0.4, -0.2) is 19.9 Å². The third-order valence-corrected chi connectivity index (χ3v) is 7.04. The molecule has 0 bridgehead atoms. The Balaban J connectivity index is 1.92. The Labute approximate surface area is 145 Å². The van der Waals surface area contributed by atoms with Gasteiger partial charge in [-0.2, -0.15) is 5.26 Å². The Bertz CT molecular complexity index is 992. The molecule has 0 N–H and O–H groups in total. The van der Waals surface area contributed by atoms with Gasteiger partial charge in [0.25, 0.3) is 10.0 Å². The van der Waals surface area contributed by atoms with E-state index in [9.17, 15) is 18.1 Å². The van der Waals surface area contributed by atoms with Gasteiger partial charge in [0.2, 0.25) is 0 Å². The van der Waals surface area contributed by atoms with Crippen LogP contribution in [0.3, 0.4) is 0 Å². The van der Waals surface area contributed by atoms with Crippen LogP contribution in [-0.2, 0) is 15.4 Å². The summed E-state index contributed by atoms with van der Waals surface area (Å²) in [4.78, 5) is 3.66. The minimum atomic E-state index is -4.07. The van der Waals surface area contributed by atoms with E-state index in [1.165, 1.54) is 24.4 Å². The lowest BCUT2D eigenvalue weighted by Gasteiger charge is -2.25. The predicted molar refractivity (Wildman–Crippen MR) is 90.0 cm³/mol. The van der Waals surface area contributed by atoms with Crippen LogP contribution in [0, 0.1) is 17.1 Å². The van der Waals surface area contributed by atoms with E-state index in [0.717, 1.165) is 35.6 Å². The number of hydrogen-bond acceptors (Lipinski definition) is 4. The molecule has 0 amide bonds. The highest BCUT2D eigenvalue weighted by molar-refractivity contribution is 7.93. The van der Waals surface area contributed by atoms with Gasteiger partial charge in [-0.3, -0.25) is 4.31 Å². The third kappa shape index (κ3) is 2.24. The van der Waals surface area contributed by atoms with Crippen molar-refractivity contribution in [2.24, 2.45) is 0 Å². The molecule has 128 valence electrons. The van der Waals surface area contributed by atoms with Gasteiger partial charge in [0.15, 0.2) is 5.69 Å². The molecule has 0 radical (unpaired) electrons. The van der Waals surface area contributed by atoms with Crippen molar-refractivity contribution in [1.29, 1.82) is 5.26 Å². The molecule has 5 nitrogen and oxygen atoms in total. The largest absolute Gasteiger partial charge is 0.267 e. The fourth-order valence-electron chi connectivity index (χ4n) is 4.12. The Kier molecular flexibility index (Phi) is 3.55. The topological polar surface area (TPSA) is 74.1 Å². The molecule has 0 atom stereocenters. The lowest BCUT2D eigenvalue weighted by molar-refractivity contribution is 0.477. The maximum atomic E-state index is 14.6.